The van der Waals surface area contributed by atoms with Gasteiger partial charge in [0.15, 0.2) is 0 Å². The molecule has 1 amide bonds. The zero-order valence-corrected chi connectivity index (χ0v) is 22.8. The lowest BCUT2D eigenvalue weighted by molar-refractivity contribution is 0.0374. The van der Waals surface area contributed by atoms with Gasteiger partial charge in [-0.25, -0.2) is 0 Å². The minimum Gasteiger partial charge on any atom is -0.490 e. The highest BCUT2D eigenvalue weighted by molar-refractivity contribution is 5.94. The summed E-state index contributed by atoms with van der Waals surface area (Å²) in [7, 11) is 0. The van der Waals surface area contributed by atoms with Crippen LogP contribution in [0.25, 0.3) is 0 Å². The van der Waals surface area contributed by atoms with Gasteiger partial charge in [-0.05, 0) is 61.2 Å². The zero-order chi connectivity index (χ0) is 26.7. The minimum atomic E-state index is -0.0248. The Bertz CT molecular complexity index is 1090. The van der Waals surface area contributed by atoms with E-state index in [2.05, 4.69) is 75.8 Å². The number of carbonyl (C=O) groups is 1. The molecule has 206 valence electrons. The molecule has 2 aliphatic heterocycles. The summed E-state index contributed by atoms with van der Waals surface area (Å²) in [4.78, 5) is 17.5. The topological polar surface area (TPSA) is 54.0 Å². The number of piperidine rings is 1. The Morgan fingerprint density at radius 2 is 1.44 bits per heavy atom. The van der Waals surface area contributed by atoms with Crippen molar-refractivity contribution in [3.05, 3.63) is 102 Å². The lowest BCUT2D eigenvalue weighted by atomic mass is 9.90. The number of hydrogen-bond acceptors (Lipinski definition) is 5. The van der Waals surface area contributed by atoms with Crippen molar-refractivity contribution < 1.29 is 14.3 Å². The van der Waals surface area contributed by atoms with Crippen LogP contribution in [0, 0.1) is 0 Å². The Balaban J connectivity index is 1.05. The second-order valence-electron chi connectivity index (χ2n) is 10.6. The standard InChI is InChI=1S/C33H41N3O3/c37-33(34-18-7-19-35-22-24-38-25-23-35)29-12-14-30(15-13-29)39-31-16-20-36(21-17-31)26-32(27-8-3-1-4-9-27)28-10-5-2-6-11-28/h1-6,8-15,31-32H,7,16-26H2,(H,34,37). The SMILES string of the molecule is O=C(NCCCN1CCOCC1)c1ccc(OC2CCN(CC(c3ccccc3)c3ccccc3)CC2)cc1. The molecule has 6 nitrogen and oxygen atoms in total. The number of morpholine rings is 1. The second-order valence-corrected chi connectivity index (χ2v) is 10.6. The number of amides is 1. The van der Waals surface area contributed by atoms with E-state index in [1.807, 2.05) is 24.3 Å². The first-order chi connectivity index (χ1) is 19.2. The highest BCUT2D eigenvalue weighted by atomic mass is 16.5. The molecule has 0 aliphatic carbocycles. The zero-order valence-electron chi connectivity index (χ0n) is 22.8. The molecule has 39 heavy (non-hydrogen) atoms. The van der Waals surface area contributed by atoms with Gasteiger partial charge in [0, 0.05) is 50.7 Å². The van der Waals surface area contributed by atoms with E-state index in [-0.39, 0.29) is 12.0 Å². The van der Waals surface area contributed by atoms with E-state index in [1.54, 1.807) is 0 Å². The molecule has 2 saturated heterocycles. The third-order valence-corrected chi connectivity index (χ3v) is 7.84. The number of nitrogens with zero attached hydrogens (tertiary/aromatic N) is 2. The first-order valence-corrected chi connectivity index (χ1v) is 14.4. The highest BCUT2D eigenvalue weighted by Gasteiger charge is 2.24. The van der Waals surface area contributed by atoms with Gasteiger partial charge in [0.2, 0.25) is 0 Å². The van der Waals surface area contributed by atoms with Gasteiger partial charge in [0.1, 0.15) is 11.9 Å². The van der Waals surface area contributed by atoms with Gasteiger partial charge in [-0.15, -0.1) is 0 Å². The van der Waals surface area contributed by atoms with Crippen molar-refractivity contribution in [3.63, 3.8) is 0 Å². The van der Waals surface area contributed by atoms with Crippen LogP contribution in [-0.2, 0) is 4.74 Å². The van der Waals surface area contributed by atoms with Crippen LogP contribution in [0.1, 0.15) is 46.7 Å². The molecule has 0 unspecified atom stereocenters. The van der Waals surface area contributed by atoms with Crippen LogP contribution in [0.5, 0.6) is 5.75 Å². The quantitative estimate of drug-likeness (QED) is 0.363. The highest BCUT2D eigenvalue weighted by Crippen LogP contribution is 2.28. The molecule has 3 aromatic carbocycles. The number of ether oxygens (including phenoxy) is 2. The Hall–Kier alpha value is -3.19. The van der Waals surface area contributed by atoms with Crippen LogP contribution in [0.15, 0.2) is 84.9 Å². The average Bonchev–Trinajstić information content (AvgIpc) is 3.00. The molecule has 2 fully saturated rings. The van der Waals surface area contributed by atoms with E-state index in [1.165, 1.54) is 11.1 Å². The van der Waals surface area contributed by atoms with Gasteiger partial charge in [-0.3, -0.25) is 9.69 Å². The summed E-state index contributed by atoms with van der Waals surface area (Å²) in [6.45, 7) is 8.31. The van der Waals surface area contributed by atoms with Crippen molar-refractivity contribution in [1.82, 2.24) is 15.1 Å². The van der Waals surface area contributed by atoms with Crippen LogP contribution in [-0.4, -0.2) is 80.8 Å². The maximum atomic E-state index is 12.5. The van der Waals surface area contributed by atoms with E-state index in [0.717, 1.165) is 77.5 Å². The molecule has 0 aromatic heterocycles. The van der Waals surface area contributed by atoms with Crippen molar-refractivity contribution in [2.24, 2.45) is 0 Å². The van der Waals surface area contributed by atoms with Crippen LogP contribution >= 0.6 is 0 Å². The Morgan fingerprint density at radius 1 is 0.821 bits per heavy atom. The summed E-state index contributed by atoms with van der Waals surface area (Å²) in [6.07, 6.45) is 3.15. The molecule has 0 spiro atoms. The summed E-state index contributed by atoms with van der Waals surface area (Å²) in [6, 6.07) is 29.2. The van der Waals surface area contributed by atoms with Crippen molar-refractivity contribution in [2.75, 3.05) is 59.0 Å². The monoisotopic (exact) mass is 527 g/mol. The van der Waals surface area contributed by atoms with Gasteiger partial charge in [-0.2, -0.15) is 0 Å². The molecule has 0 saturated carbocycles. The number of carbonyl (C=O) groups excluding carboxylic acids is 1. The minimum absolute atomic E-state index is 0.0248. The Labute approximate surface area is 232 Å². The predicted octanol–water partition coefficient (Wildman–Crippen LogP) is 4.81. The molecule has 3 aromatic rings. The maximum Gasteiger partial charge on any atom is 0.251 e. The third kappa shape index (κ3) is 8.15. The largest absolute Gasteiger partial charge is 0.490 e. The Kier molecular flexibility index (Phi) is 10.0. The number of nitrogens with one attached hydrogen (secondary N) is 1. The number of likely N-dealkylation sites (tertiary alicyclic amines) is 1. The first-order valence-electron chi connectivity index (χ1n) is 14.4. The number of benzene rings is 3. The summed E-state index contributed by atoms with van der Waals surface area (Å²) < 4.78 is 11.7. The molecule has 2 aliphatic rings. The molecular weight excluding hydrogens is 486 g/mol. The van der Waals surface area contributed by atoms with Gasteiger partial charge in [-0.1, -0.05) is 60.7 Å². The number of hydrogen-bond donors (Lipinski definition) is 1. The summed E-state index contributed by atoms with van der Waals surface area (Å²) >= 11 is 0. The normalized spacial score (nSPS) is 17.3. The number of rotatable bonds is 11. The molecule has 2 heterocycles. The van der Waals surface area contributed by atoms with Gasteiger partial charge in [0.05, 0.1) is 13.2 Å². The van der Waals surface area contributed by atoms with Crippen molar-refractivity contribution in [3.8, 4) is 5.75 Å². The molecule has 0 atom stereocenters. The Morgan fingerprint density at radius 3 is 2.05 bits per heavy atom. The smallest absolute Gasteiger partial charge is 0.251 e. The first kappa shape index (κ1) is 27.4. The molecular formula is C33H41N3O3. The summed E-state index contributed by atoms with van der Waals surface area (Å²) in [5.74, 6) is 1.18. The van der Waals surface area contributed by atoms with Crippen LogP contribution < -0.4 is 10.1 Å². The molecule has 0 bridgehead atoms. The van der Waals surface area contributed by atoms with Gasteiger partial charge < -0.3 is 19.7 Å². The predicted molar refractivity (Wildman–Crippen MR) is 155 cm³/mol. The fourth-order valence-electron chi connectivity index (χ4n) is 5.55. The van der Waals surface area contributed by atoms with Crippen molar-refractivity contribution in [1.29, 1.82) is 0 Å². The van der Waals surface area contributed by atoms with E-state index >= 15 is 0 Å². The average molecular weight is 528 g/mol. The maximum absolute atomic E-state index is 12.5. The molecule has 5 rings (SSSR count). The van der Waals surface area contributed by atoms with Gasteiger partial charge >= 0.3 is 0 Å². The summed E-state index contributed by atoms with van der Waals surface area (Å²) in [5.41, 5.74) is 3.41. The van der Waals surface area contributed by atoms with E-state index in [4.69, 9.17) is 9.47 Å². The summed E-state index contributed by atoms with van der Waals surface area (Å²) in [5, 5.41) is 3.04. The lowest BCUT2D eigenvalue weighted by Crippen LogP contribution is -2.40. The van der Waals surface area contributed by atoms with Crippen molar-refractivity contribution in [2.45, 2.75) is 31.3 Å². The molecule has 1 N–H and O–H groups in total. The van der Waals surface area contributed by atoms with Crippen LogP contribution in [0.3, 0.4) is 0 Å². The van der Waals surface area contributed by atoms with Crippen LogP contribution in [0.2, 0.25) is 0 Å². The van der Waals surface area contributed by atoms with Crippen molar-refractivity contribution >= 4 is 5.91 Å². The molecule has 0 radical (unpaired) electrons. The lowest BCUT2D eigenvalue weighted by Gasteiger charge is -2.34. The second kappa shape index (κ2) is 14.3. The van der Waals surface area contributed by atoms with Crippen LogP contribution in [0.4, 0.5) is 0 Å². The molecule has 6 heteroatoms. The van der Waals surface area contributed by atoms with Gasteiger partial charge in [0.25, 0.3) is 5.91 Å². The third-order valence-electron chi connectivity index (χ3n) is 7.84. The van der Waals surface area contributed by atoms with E-state index in [0.29, 0.717) is 18.0 Å². The fraction of sp³-hybridized carbons (Fsp3) is 0.424. The fourth-order valence-corrected chi connectivity index (χ4v) is 5.55. The van der Waals surface area contributed by atoms with E-state index in [9.17, 15) is 4.79 Å². The van der Waals surface area contributed by atoms with E-state index < -0.39 is 0 Å².